The monoisotopic (exact) mass is 285 g/mol. The van der Waals surface area contributed by atoms with E-state index >= 15 is 0 Å². The number of carbonyl (C=O) groups is 2. The van der Waals surface area contributed by atoms with E-state index in [1.165, 1.54) is 23.2 Å². The summed E-state index contributed by atoms with van der Waals surface area (Å²) >= 11 is 0. The summed E-state index contributed by atoms with van der Waals surface area (Å²) in [5.74, 6) is -1.03. The number of rotatable bonds is 5. The normalized spacial score (nSPS) is 15.7. The largest absolute Gasteiger partial charge is 0.478 e. The lowest BCUT2D eigenvalue weighted by molar-refractivity contribution is -0.129. The van der Waals surface area contributed by atoms with Gasteiger partial charge in [-0.25, -0.2) is 4.79 Å². The minimum atomic E-state index is -0.990. The average molecular weight is 285 g/mol. The summed E-state index contributed by atoms with van der Waals surface area (Å²) in [5, 5.41) is 8.92. The first-order chi connectivity index (χ1) is 9.92. The van der Waals surface area contributed by atoms with Crippen molar-refractivity contribution in [2.24, 2.45) is 5.41 Å². The van der Waals surface area contributed by atoms with Crippen LogP contribution in [-0.4, -0.2) is 17.0 Å². The van der Waals surface area contributed by atoms with E-state index < -0.39 is 11.4 Å². The van der Waals surface area contributed by atoms with E-state index in [9.17, 15) is 9.59 Å². The van der Waals surface area contributed by atoms with E-state index in [0.29, 0.717) is 5.69 Å². The van der Waals surface area contributed by atoms with Crippen LogP contribution in [0, 0.1) is 5.41 Å². The Hall–Kier alpha value is -2.36. The molecule has 1 aromatic carbocycles. The van der Waals surface area contributed by atoms with Gasteiger partial charge in [-0.05, 0) is 44.0 Å². The number of aromatic carboxylic acids is 1. The first-order valence-electron chi connectivity index (χ1n) is 6.88. The van der Waals surface area contributed by atoms with Crippen LogP contribution in [0.5, 0.6) is 0 Å². The van der Waals surface area contributed by atoms with E-state index in [1.54, 1.807) is 12.1 Å². The highest BCUT2D eigenvalue weighted by atomic mass is 16.4. The summed E-state index contributed by atoms with van der Waals surface area (Å²) < 4.78 is 0. The Labute approximate surface area is 124 Å². The SMILES string of the molecule is C=CN(C(=O)C1(C(=C)C)CCC1)c1ccc(C(=O)O)cc1. The predicted molar refractivity (Wildman–Crippen MR) is 82.2 cm³/mol. The van der Waals surface area contributed by atoms with Crippen LogP contribution in [0.3, 0.4) is 0 Å². The molecule has 0 saturated heterocycles. The van der Waals surface area contributed by atoms with Gasteiger partial charge in [-0.1, -0.05) is 25.2 Å². The van der Waals surface area contributed by atoms with Crippen LogP contribution in [0.1, 0.15) is 36.5 Å². The molecule has 0 spiro atoms. The molecule has 4 nitrogen and oxygen atoms in total. The molecular weight excluding hydrogens is 266 g/mol. The van der Waals surface area contributed by atoms with Crippen LogP contribution in [0.25, 0.3) is 0 Å². The topological polar surface area (TPSA) is 57.6 Å². The highest BCUT2D eigenvalue weighted by Crippen LogP contribution is 2.48. The van der Waals surface area contributed by atoms with Crippen LogP contribution in [0.15, 0.2) is 49.2 Å². The number of carbonyl (C=O) groups excluding carboxylic acids is 1. The number of hydrogen-bond acceptors (Lipinski definition) is 2. The minimum Gasteiger partial charge on any atom is -0.478 e. The second-order valence-electron chi connectivity index (χ2n) is 5.43. The fourth-order valence-electron chi connectivity index (χ4n) is 2.65. The molecule has 0 heterocycles. The smallest absolute Gasteiger partial charge is 0.335 e. The highest BCUT2D eigenvalue weighted by molar-refractivity contribution is 6.01. The third-order valence-electron chi connectivity index (χ3n) is 4.23. The lowest BCUT2D eigenvalue weighted by Crippen LogP contribution is -2.46. The Bertz CT molecular complexity index is 597. The number of amides is 1. The zero-order valence-corrected chi connectivity index (χ0v) is 12.1. The number of hydrogen-bond donors (Lipinski definition) is 1. The number of carboxylic acid groups (broad SMARTS) is 1. The van der Waals surface area contributed by atoms with Crippen LogP contribution < -0.4 is 4.90 Å². The van der Waals surface area contributed by atoms with Gasteiger partial charge in [0.2, 0.25) is 5.91 Å². The summed E-state index contributed by atoms with van der Waals surface area (Å²) in [6.07, 6.45) is 4.10. The number of carboxylic acids is 1. The van der Waals surface area contributed by atoms with Gasteiger partial charge in [0.25, 0.3) is 0 Å². The number of benzene rings is 1. The summed E-state index contributed by atoms with van der Waals surface area (Å²) in [6.45, 7) is 9.55. The second kappa shape index (κ2) is 5.56. The molecule has 1 N–H and O–H groups in total. The van der Waals surface area contributed by atoms with Crippen molar-refractivity contribution in [1.82, 2.24) is 0 Å². The molecule has 1 aromatic rings. The molecule has 1 fully saturated rings. The van der Waals surface area contributed by atoms with Gasteiger partial charge in [0.15, 0.2) is 0 Å². The van der Waals surface area contributed by atoms with Crippen molar-refractivity contribution in [1.29, 1.82) is 0 Å². The van der Waals surface area contributed by atoms with Crippen molar-refractivity contribution in [3.8, 4) is 0 Å². The van der Waals surface area contributed by atoms with Crippen molar-refractivity contribution in [2.45, 2.75) is 26.2 Å². The van der Waals surface area contributed by atoms with Crippen molar-refractivity contribution < 1.29 is 14.7 Å². The minimum absolute atomic E-state index is 0.0423. The number of anilines is 1. The van der Waals surface area contributed by atoms with Crippen molar-refractivity contribution in [2.75, 3.05) is 4.90 Å². The van der Waals surface area contributed by atoms with Crippen molar-refractivity contribution >= 4 is 17.6 Å². The molecule has 0 aromatic heterocycles. The van der Waals surface area contributed by atoms with Gasteiger partial charge < -0.3 is 5.11 Å². The Morgan fingerprint density at radius 3 is 2.19 bits per heavy atom. The molecule has 1 amide bonds. The van der Waals surface area contributed by atoms with Gasteiger partial charge in [0.05, 0.1) is 11.0 Å². The maximum absolute atomic E-state index is 12.8. The fourth-order valence-corrected chi connectivity index (χ4v) is 2.65. The van der Waals surface area contributed by atoms with E-state index in [-0.39, 0.29) is 11.5 Å². The maximum atomic E-state index is 12.8. The van der Waals surface area contributed by atoms with Crippen LogP contribution in [0.4, 0.5) is 5.69 Å². The first-order valence-corrected chi connectivity index (χ1v) is 6.88. The summed E-state index contributed by atoms with van der Waals surface area (Å²) in [4.78, 5) is 25.2. The van der Waals surface area contributed by atoms with Gasteiger partial charge in [-0.3, -0.25) is 9.69 Å². The Morgan fingerprint density at radius 1 is 1.29 bits per heavy atom. The molecule has 0 bridgehead atoms. The van der Waals surface area contributed by atoms with Crippen LogP contribution in [0.2, 0.25) is 0 Å². The lowest BCUT2D eigenvalue weighted by Gasteiger charge is -2.43. The third-order valence-corrected chi connectivity index (χ3v) is 4.23. The Morgan fingerprint density at radius 2 is 1.86 bits per heavy atom. The molecular formula is C17H19NO3. The molecule has 0 aliphatic heterocycles. The predicted octanol–water partition coefficient (Wildman–Crippen LogP) is 3.61. The van der Waals surface area contributed by atoms with Crippen molar-refractivity contribution in [3.63, 3.8) is 0 Å². The van der Waals surface area contributed by atoms with Crippen LogP contribution >= 0.6 is 0 Å². The standard InChI is InChI=1S/C17H19NO3/c1-4-18(14-8-6-13(7-9-14)15(19)20)16(21)17(12(2)3)10-5-11-17/h4,6-9H,1-2,5,10-11H2,3H3,(H,19,20). The maximum Gasteiger partial charge on any atom is 0.335 e. The molecule has 110 valence electrons. The molecule has 0 unspecified atom stereocenters. The lowest BCUT2D eigenvalue weighted by atomic mass is 9.64. The zero-order valence-electron chi connectivity index (χ0n) is 12.1. The zero-order chi connectivity index (χ0) is 15.6. The Balaban J connectivity index is 2.31. The molecule has 4 heteroatoms. The molecule has 1 aliphatic carbocycles. The molecule has 1 saturated carbocycles. The highest BCUT2D eigenvalue weighted by Gasteiger charge is 2.46. The summed E-state index contributed by atoms with van der Waals surface area (Å²) in [6, 6.07) is 6.20. The molecule has 0 radical (unpaired) electrons. The van der Waals surface area contributed by atoms with Gasteiger partial charge >= 0.3 is 5.97 Å². The van der Waals surface area contributed by atoms with Gasteiger partial charge in [0, 0.05) is 11.9 Å². The van der Waals surface area contributed by atoms with E-state index in [2.05, 4.69) is 13.2 Å². The molecule has 1 aliphatic rings. The summed E-state index contributed by atoms with van der Waals surface area (Å²) in [7, 11) is 0. The molecule has 0 atom stereocenters. The van der Waals surface area contributed by atoms with E-state index in [4.69, 9.17) is 5.11 Å². The molecule has 2 rings (SSSR count). The van der Waals surface area contributed by atoms with Gasteiger partial charge in [-0.15, -0.1) is 0 Å². The van der Waals surface area contributed by atoms with Crippen molar-refractivity contribution in [3.05, 3.63) is 54.8 Å². The van der Waals surface area contributed by atoms with E-state index in [0.717, 1.165) is 24.8 Å². The van der Waals surface area contributed by atoms with E-state index in [1.807, 2.05) is 6.92 Å². The summed E-state index contributed by atoms with van der Waals surface area (Å²) in [5.41, 5.74) is 1.17. The quantitative estimate of drug-likeness (QED) is 0.841. The average Bonchev–Trinajstić information content (AvgIpc) is 2.38. The first kappa shape index (κ1) is 15.0. The second-order valence-corrected chi connectivity index (χ2v) is 5.43. The fraction of sp³-hybridized carbons (Fsp3) is 0.294. The van der Waals surface area contributed by atoms with Gasteiger partial charge in [0.1, 0.15) is 0 Å². The molecule has 21 heavy (non-hydrogen) atoms. The Kier molecular flexibility index (Phi) is 3.98. The van der Waals surface area contributed by atoms with Gasteiger partial charge in [-0.2, -0.15) is 0 Å². The third kappa shape index (κ3) is 2.49. The number of nitrogens with zero attached hydrogens (tertiary/aromatic N) is 1. The van der Waals surface area contributed by atoms with Crippen LogP contribution in [-0.2, 0) is 4.79 Å².